The van der Waals surface area contributed by atoms with Crippen molar-refractivity contribution in [1.82, 2.24) is 0 Å². The predicted octanol–water partition coefficient (Wildman–Crippen LogP) is 10.8. The van der Waals surface area contributed by atoms with Crippen LogP contribution in [0.3, 0.4) is 0 Å². The fourth-order valence-corrected chi connectivity index (χ4v) is 6.69. The van der Waals surface area contributed by atoms with Gasteiger partial charge in [-0.15, -0.1) is 0 Å². The molecule has 0 heterocycles. The number of hydrogen-bond acceptors (Lipinski definition) is 9. The Labute approximate surface area is 341 Å². The van der Waals surface area contributed by atoms with E-state index < -0.39 is 0 Å². The van der Waals surface area contributed by atoms with Crippen molar-refractivity contribution in [3.63, 3.8) is 0 Å². The minimum absolute atomic E-state index is 0.000145. The van der Waals surface area contributed by atoms with Crippen molar-refractivity contribution < 1.29 is 43.4 Å². The monoisotopic (exact) mass is 791 g/mol. The first kappa shape index (κ1) is 54.6. The average Bonchev–Trinajstić information content (AvgIpc) is 3.20. The molecule has 9 heteroatoms. The van der Waals surface area contributed by atoms with Gasteiger partial charge in [-0.05, 0) is 12.8 Å². The smallest absolute Gasteiger partial charge is 0.104 e. The van der Waals surface area contributed by atoms with Crippen LogP contribution in [0, 0.1) is 0 Å². The number of aliphatic hydroxyl groups is 2. The highest BCUT2D eigenvalue weighted by Gasteiger charge is 2.16. The first-order chi connectivity index (χ1) is 27.3. The molecule has 0 aromatic carbocycles. The first-order valence-corrected chi connectivity index (χ1v) is 23.6. The second kappa shape index (κ2) is 49.8. The second-order valence-electron chi connectivity index (χ2n) is 15.5. The van der Waals surface area contributed by atoms with Gasteiger partial charge in [0.25, 0.3) is 0 Å². The third-order valence-electron chi connectivity index (χ3n) is 10.1. The summed E-state index contributed by atoms with van der Waals surface area (Å²) < 4.78 is 41.0. The molecule has 0 spiro atoms. The standard InChI is InChI=1S/C46H94O9/c1-3-5-7-9-11-13-15-17-19-21-23-25-27-29-33-51-43-46(54-34-30-28-26-24-22-20-18-16-14-12-10-8-6-4-2)44-55-45(41-52-39-37-49-35-31-47)42-53-40-38-50-36-32-48/h45-48H,3-44H2,1-2H3. The maximum absolute atomic E-state index is 8.93. The van der Waals surface area contributed by atoms with Crippen molar-refractivity contribution in [2.75, 3.05) is 92.5 Å². The molecule has 0 amide bonds. The Hall–Kier alpha value is -0.360. The van der Waals surface area contributed by atoms with Gasteiger partial charge in [0.05, 0.1) is 79.3 Å². The number of rotatable bonds is 50. The summed E-state index contributed by atoms with van der Waals surface area (Å²) in [4.78, 5) is 0. The van der Waals surface area contributed by atoms with E-state index in [0.717, 1.165) is 26.1 Å². The van der Waals surface area contributed by atoms with E-state index in [2.05, 4.69) is 13.8 Å². The molecule has 2 N–H and O–H groups in total. The van der Waals surface area contributed by atoms with Crippen molar-refractivity contribution in [1.29, 1.82) is 0 Å². The van der Waals surface area contributed by atoms with Crippen LogP contribution in [0.25, 0.3) is 0 Å². The average molecular weight is 791 g/mol. The number of unbranched alkanes of at least 4 members (excludes halogenated alkanes) is 26. The van der Waals surface area contributed by atoms with Gasteiger partial charge in [-0.25, -0.2) is 0 Å². The largest absolute Gasteiger partial charge is 0.394 e. The van der Waals surface area contributed by atoms with Crippen molar-refractivity contribution >= 4 is 0 Å². The molecule has 332 valence electrons. The van der Waals surface area contributed by atoms with E-state index in [1.165, 1.54) is 167 Å². The number of aliphatic hydroxyl groups excluding tert-OH is 2. The van der Waals surface area contributed by atoms with Crippen molar-refractivity contribution in [2.24, 2.45) is 0 Å². The second-order valence-corrected chi connectivity index (χ2v) is 15.5. The van der Waals surface area contributed by atoms with E-state index in [-0.39, 0.29) is 25.4 Å². The molecule has 1 unspecified atom stereocenters. The summed E-state index contributed by atoms with van der Waals surface area (Å²) in [7, 11) is 0. The van der Waals surface area contributed by atoms with Crippen LogP contribution in [0.4, 0.5) is 0 Å². The van der Waals surface area contributed by atoms with E-state index in [1.807, 2.05) is 0 Å². The molecule has 1 atom stereocenters. The molecule has 0 aliphatic heterocycles. The van der Waals surface area contributed by atoms with Gasteiger partial charge in [0, 0.05) is 13.2 Å². The molecule has 0 aliphatic carbocycles. The van der Waals surface area contributed by atoms with E-state index >= 15 is 0 Å². The molecule has 0 aromatic rings. The van der Waals surface area contributed by atoms with E-state index in [4.69, 9.17) is 43.4 Å². The molecule has 9 nitrogen and oxygen atoms in total. The van der Waals surface area contributed by atoms with Crippen LogP contribution in [0.15, 0.2) is 0 Å². The molecule has 0 saturated heterocycles. The van der Waals surface area contributed by atoms with Gasteiger partial charge < -0.3 is 43.4 Å². The summed E-state index contributed by atoms with van der Waals surface area (Å²) in [5.74, 6) is 0. The van der Waals surface area contributed by atoms with Crippen molar-refractivity contribution in [3.05, 3.63) is 0 Å². The molecule has 55 heavy (non-hydrogen) atoms. The summed E-state index contributed by atoms with van der Waals surface area (Å²) in [5.41, 5.74) is 0. The summed E-state index contributed by atoms with van der Waals surface area (Å²) in [5, 5.41) is 17.9. The lowest BCUT2D eigenvalue weighted by Gasteiger charge is -2.23. The third kappa shape index (κ3) is 46.2. The van der Waals surface area contributed by atoms with Crippen molar-refractivity contribution in [2.45, 2.75) is 206 Å². The highest BCUT2D eigenvalue weighted by atomic mass is 16.6. The Morgan fingerprint density at radius 2 is 0.564 bits per heavy atom. The summed E-state index contributed by atoms with van der Waals surface area (Å²) in [6, 6.07) is 0. The summed E-state index contributed by atoms with van der Waals surface area (Å²) in [6.45, 7) is 9.99. The molecule has 0 aliphatic rings. The molecule has 0 fully saturated rings. The zero-order valence-electron chi connectivity index (χ0n) is 36.6. The fraction of sp³-hybridized carbons (Fsp3) is 1.00. The van der Waals surface area contributed by atoms with Crippen LogP contribution in [0.5, 0.6) is 0 Å². The Balaban J connectivity index is 4.45. The lowest BCUT2D eigenvalue weighted by atomic mass is 10.0. The first-order valence-electron chi connectivity index (χ1n) is 23.6. The Bertz CT molecular complexity index is 655. The van der Waals surface area contributed by atoms with Gasteiger partial charge in [-0.3, -0.25) is 0 Å². The minimum Gasteiger partial charge on any atom is -0.394 e. The zero-order chi connectivity index (χ0) is 39.8. The molecule has 0 aromatic heterocycles. The van der Waals surface area contributed by atoms with Crippen molar-refractivity contribution in [3.8, 4) is 0 Å². The van der Waals surface area contributed by atoms with Gasteiger partial charge >= 0.3 is 0 Å². The van der Waals surface area contributed by atoms with Gasteiger partial charge in [-0.1, -0.05) is 181 Å². The predicted molar refractivity (Wildman–Crippen MR) is 228 cm³/mol. The molecule has 0 rings (SSSR count). The highest BCUT2D eigenvalue weighted by molar-refractivity contribution is 4.62. The minimum atomic E-state index is -0.270. The normalized spacial score (nSPS) is 12.4. The lowest BCUT2D eigenvalue weighted by molar-refractivity contribution is -0.114. The molecule has 0 radical (unpaired) electrons. The van der Waals surface area contributed by atoms with Crippen LogP contribution in [0.2, 0.25) is 0 Å². The van der Waals surface area contributed by atoms with E-state index in [9.17, 15) is 0 Å². The summed E-state index contributed by atoms with van der Waals surface area (Å²) in [6.07, 6.45) is 37.3. The van der Waals surface area contributed by atoms with E-state index in [1.54, 1.807) is 0 Å². The topological polar surface area (TPSA) is 105 Å². The maximum Gasteiger partial charge on any atom is 0.104 e. The van der Waals surface area contributed by atoms with Gasteiger partial charge in [0.2, 0.25) is 0 Å². The Morgan fingerprint density at radius 1 is 0.273 bits per heavy atom. The quantitative estimate of drug-likeness (QED) is 0.0583. The van der Waals surface area contributed by atoms with Gasteiger partial charge in [0.15, 0.2) is 0 Å². The molecule has 0 saturated carbocycles. The van der Waals surface area contributed by atoms with Crippen LogP contribution in [-0.4, -0.2) is 115 Å². The van der Waals surface area contributed by atoms with E-state index in [0.29, 0.717) is 66.1 Å². The van der Waals surface area contributed by atoms with Crippen LogP contribution < -0.4 is 0 Å². The highest BCUT2D eigenvalue weighted by Crippen LogP contribution is 2.15. The molecule has 0 bridgehead atoms. The maximum atomic E-state index is 8.93. The Kier molecular flexibility index (Phi) is 49.5. The molecular weight excluding hydrogens is 696 g/mol. The molecular formula is C46H94O9. The fourth-order valence-electron chi connectivity index (χ4n) is 6.69. The summed E-state index contributed by atoms with van der Waals surface area (Å²) >= 11 is 0. The SMILES string of the molecule is CCCCCCCCCCCCCCCCOCC(COC(COCCOCCO)COCCOCCO)OCCCCCCCCCCCCCCCC. The zero-order valence-corrected chi connectivity index (χ0v) is 36.6. The van der Waals surface area contributed by atoms with Gasteiger partial charge in [0.1, 0.15) is 12.2 Å². The van der Waals surface area contributed by atoms with Crippen LogP contribution >= 0.6 is 0 Å². The Morgan fingerprint density at radius 3 is 0.927 bits per heavy atom. The number of hydrogen-bond donors (Lipinski definition) is 2. The van der Waals surface area contributed by atoms with Crippen LogP contribution in [0.1, 0.15) is 194 Å². The van der Waals surface area contributed by atoms with Crippen LogP contribution in [-0.2, 0) is 33.2 Å². The third-order valence-corrected chi connectivity index (χ3v) is 10.1. The van der Waals surface area contributed by atoms with Gasteiger partial charge in [-0.2, -0.15) is 0 Å². The number of ether oxygens (including phenoxy) is 7. The lowest BCUT2D eigenvalue weighted by Crippen LogP contribution is -2.33.